The van der Waals surface area contributed by atoms with E-state index in [0.29, 0.717) is 12.1 Å². The number of nitrogens with zero attached hydrogens (tertiary/aromatic N) is 3. The van der Waals surface area contributed by atoms with Crippen LogP contribution in [-0.2, 0) is 0 Å². The normalized spacial score (nSPS) is 11.9. The Bertz CT molecular complexity index is 1100. The van der Waals surface area contributed by atoms with Crippen molar-refractivity contribution in [3.8, 4) is 17.3 Å². The van der Waals surface area contributed by atoms with Crippen LogP contribution in [-0.4, -0.2) is 26.3 Å². The second-order valence-corrected chi connectivity index (χ2v) is 6.59. The summed E-state index contributed by atoms with van der Waals surface area (Å²) in [6.07, 6.45) is 4.15. The Morgan fingerprint density at radius 2 is 2.11 bits per heavy atom. The second-order valence-electron chi connectivity index (χ2n) is 6.59. The molecule has 1 amide bonds. The number of aromatic nitrogens is 3. The van der Waals surface area contributed by atoms with Crippen molar-refractivity contribution in [1.82, 2.24) is 19.7 Å². The molecule has 138 valence electrons. The number of nitrogens with one attached hydrogen (secondary N) is 2. The minimum Gasteiger partial charge on any atom is -0.347 e. The highest BCUT2D eigenvalue weighted by atomic mass is 16.2. The van der Waals surface area contributed by atoms with Crippen LogP contribution in [0.25, 0.3) is 16.9 Å². The molecule has 1 atom stereocenters. The van der Waals surface area contributed by atoms with Gasteiger partial charge >= 0.3 is 0 Å². The van der Waals surface area contributed by atoms with E-state index < -0.39 is 5.91 Å². The molecular weight excluding hydrogens is 342 g/mol. The van der Waals surface area contributed by atoms with Gasteiger partial charge in [-0.2, -0.15) is 5.26 Å². The van der Waals surface area contributed by atoms with Crippen molar-refractivity contribution in [1.29, 1.82) is 5.26 Å². The molecule has 0 aliphatic rings. The Hall–Kier alpha value is -3.40. The maximum Gasteiger partial charge on any atom is 0.292 e. The van der Waals surface area contributed by atoms with Crippen LogP contribution >= 0.6 is 0 Å². The topological polar surface area (TPSA) is 103 Å². The first-order chi connectivity index (χ1) is 12.9. The van der Waals surface area contributed by atoms with Crippen molar-refractivity contribution in [2.24, 2.45) is 0 Å². The number of fused-ring (bicyclic) bond motifs is 1. The summed E-state index contributed by atoms with van der Waals surface area (Å²) in [6.45, 7) is 5.94. The molecule has 0 saturated heterocycles. The third-order valence-electron chi connectivity index (χ3n) is 4.67. The number of hydrogen-bond acceptors (Lipinski definition) is 4. The first-order valence-corrected chi connectivity index (χ1v) is 8.80. The van der Waals surface area contributed by atoms with Crippen LogP contribution < -0.4 is 10.9 Å². The fourth-order valence-electron chi connectivity index (χ4n) is 2.84. The SMILES string of the molecule is CCC(CC#N)NC(=O)c1cn2cc(-c3ccc(C)c(C)c3)[nH]c(=O)c2n1. The average Bonchev–Trinajstić information content (AvgIpc) is 3.08. The van der Waals surface area contributed by atoms with E-state index in [0.717, 1.165) is 11.1 Å². The van der Waals surface area contributed by atoms with Gasteiger partial charge in [0.2, 0.25) is 5.65 Å². The lowest BCUT2D eigenvalue weighted by molar-refractivity contribution is 0.0932. The maximum absolute atomic E-state index is 12.4. The van der Waals surface area contributed by atoms with E-state index in [2.05, 4.69) is 15.3 Å². The summed E-state index contributed by atoms with van der Waals surface area (Å²) in [5.74, 6) is -0.395. The third kappa shape index (κ3) is 3.75. The fraction of sp³-hybridized carbons (Fsp3) is 0.300. The largest absolute Gasteiger partial charge is 0.347 e. The quantitative estimate of drug-likeness (QED) is 0.727. The van der Waals surface area contributed by atoms with Gasteiger partial charge in [0.1, 0.15) is 5.69 Å². The van der Waals surface area contributed by atoms with Crippen LogP contribution in [0.1, 0.15) is 41.4 Å². The predicted octanol–water partition coefficient (Wildman–Crippen LogP) is 2.73. The summed E-state index contributed by atoms with van der Waals surface area (Å²) < 4.78 is 1.56. The molecule has 3 aromatic rings. The first-order valence-electron chi connectivity index (χ1n) is 8.80. The Kier molecular flexibility index (Phi) is 5.08. The summed E-state index contributed by atoms with van der Waals surface area (Å²) >= 11 is 0. The lowest BCUT2D eigenvalue weighted by Crippen LogP contribution is -2.34. The summed E-state index contributed by atoms with van der Waals surface area (Å²) in [5, 5.41) is 11.6. The van der Waals surface area contributed by atoms with Gasteiger partial charge in [-0.1, -0.05) is 19.1 Å². The Labute approximate surface area is 156 Å². The molecular formula is C20H21N5O2. The summed E-state index contributed by atoms with van der Waals surface area (Å²) in [4.78, 5) is 31.8. The van der Waals surface area contributed by atoms with Crippen LogP contribution in [0, 0.1) is 25.2 Å². The van der Waals surface area contributed by atoms with Crippen LogP contribution in [0.15, 0.2) is 35.4 Å². The molecule has 2 N–H and O–H groups in total. The van der Waals surface area contributed by atoms with Gasteiger partial charge in [0.05, 0.1) is 18.2 Å². The number of aromatic amines is 1. The van der Waals surface area contributed by atoms with Gasteiger partial charge in [-0.05, 0) is 43.0 Å². The number of aryl methyl sites for hydroxylation is 2. The minimum atomic E-state index is -0.395. The zero-order chi connectivity index (χ0) is 19.6. The Morgan fingerprint density at radius 1 is 1.33 bits per heavy atom. The number of imidazole rings is 1. The van der Waals surface area contributed by atoms with E-state index in [1.807, 2.05) is 45.0 Å². The molecule has 27 heavy (non-hydrogen) atoms. The molecule has 0 radical (unpaired) electrons. The van der Waals surface area contributed by atoms with Crippen LogP contribution in [0.5, 0.6) is 0 Å². The molecule has 0 aliphatic carbocycles. The van der Waals surface area contributed by atoms with Crippen molar-refractivity contribution in [2.45, 2.75) is 39.7 Å². The van der Waals surface area contributed by atoms with Gasteiger partial charge in [-0.15, -0.1) is 0 Å². The number of H-pyrrole nitrogens is 1. The monoisotopic (exact) mass is 363 g/mol. The molecule has 3 rings (SSSR count). The fourth-order valence-corrected chi connectivity index (χ4v) is 2.84. The van der Waals surface area contributed by atoms with Gasteiger partial charge in [-0.25, -0.2) is 4.98 Å². The molecule has 2 heterocycles. The number of hydrogen-bond donors (Lipinski definition) is 2. The van der Waals surface area contributed by atoms with E-state index in [1.165, 1.54) is 11.8 Å². The Morgan fingerprint density at radius 3 is 2.78 bits per heavy atom. The van der Waals surface area contributed by atoms with Crippen molar-refractivity contribution in [2.75, 3.05) is 0 Å². The Balaban J connectivity index is 1.97. The van der Waals surface area contributed by atoms with E-state index in [4.69, 9.17) is 5.26 Å². The van der Waals surface area contributed by atoms with E-state index in [1.54, 1.807) is 10.6 Å². The van der Waals surface area contributed by atoms with Crippen LogP contribution in [0.4, 0.5) is 0 Å². The van der Waals surface area contributed by atoms with Gasteiger partial charge in [0.25, 0.3) is 11.5 Å². The van der Waals surface area contributed by atoms with Crippen LogP contribution in [0.3, 0.4) is 0 Å². The van der Waals surface area contributed by atoms with Crippen LogP contribution in [0.2, 0.25) is 0 Å². The highest BCUT2D eigenvalue weighted by Crippen LogP contribution is 2.19. The molecule has 0 fully saturated rings. The van der Waals surface area contributed by atoms with Crippen molar-refractivity contribution in [3.05, 3.63) is 57.8 Å². The molecule has 0 spiro atoms. The number of carbonyl (C=O) groups is 1. The van der Waals surface area contributed by atoms with E-state index in [9.17, 15) is 9.59 Å². The molecule has 0 saturated carbocycles. The number of benzene rings is 1. The smallest absolute Gasteiger partial charge is 0.292 e. The zero-order valence-corrected chi connectivity index (χ0v) is 15.5. The molecule has 7 heteroatoms. The van der Waals surface area contributed by atoms with Crippen molar-refractivity contribution >= 4 is 11.6 Å². The molecule has 0 aliphatic heterocycles. The van der Waals surface area contributed by atoms with E-state index in [-0.39, 0.29) is 29.4 Å². The predicted molar refractivity (Wildman–Crippen MR) is 102 cm³/mol. The van der Waals surface area contributed by atoms with Gasteiger partial charge < -0.3 is 10.3 Å². The lowest BCUT2D eigenvalue weighted by atomic mass is 10.0. The summed E-state index contributed by atoms with van der Waals surface area (Å²) in [7, 11) is 0. The second kappa shape index (κ2) is 7.46. The summed E-state index contributed by atoms with van der Waals surface area (Å²) in [6, 6.07) is 7.76. The first kappa shape index (κ1) is 18.4. The number of nitriles is 1. The number of carbonyl (C=O) groups excluding carboxylic acids is 1. The number of rotatable bonds is 5. The minimum absolute atomic E-state index is 0.147. The summed E-state index contributed by atoms with van der Waals surface area (Å²) in [5.41, 5.74) is 3.77. The average molecular weight is 363 g/mol. The molecule has 0 bridgehead atoms. The highest BCUT2D eigenvalue weighted by Gasteiger charge is 2.17. The van der Waals surface area contributed by atoms with Gasteiger partial charge in [0.15, 0.2) is 0 Å². The van der Waals surface area contributed by atoms with Gasteiger partial charge in [-0.3, -0.25) is 14.0 Å². The van der Waals surface area contributed by atoms with Crippen molar-refractivity contribution in [3.63, 3.8) is 0 Å². The molecule has 7 nitrogen and oxygen atoms in total. The van der Waals surface area contributed by atoms with Gasteiger partial charge in [0, 0.05) is 18.4 Å². The highest BCUT2D eigenvalue weighted by molar-refractivity contribution is 5.93. The van der Waals surface area contributed by atoms with Crippen molar-refractivity contribution < 1.29 is 4.79 Å². The molecule has 1 unspecified atom stereocenters. The van der Waals surface area contributed by atoms with E-state index >= 15 is 0 Å². The lowest BCUT2D eigenvalue weighted by Gasteiger charge is -2.11. The zero-order valence-electron chi connectivity index (χ0n) is 15.5. The molecule has 2 aromatic heterocycles. The maximum atomic E-state index is 12.4. The molecule has 1 aromatic carbocycles. The third-order valence-corrected chi connectivity index (χ3v) is 4.67. The standard InChI is InChI=1S/C20H21N5O2/c1-4-15(7-8-21)22-19(26)17-11-25-10-16(24-20(27)18(25)23-17)14-6-5-12(2)13(3)9-14/h5-6,9-11,15H,4,7H2,1-3H3,(H,22,26)(H,24,27). The number of amides is 1.